The maximum Gasteiger partial charge on any atom is 0.269 e. The van der Waals surface area contributed by atoms with Gasteiger partial charge >= 0.3 is 0 Å². The molecule has 0 spiro atoms. The summed E-state index contributed by atoms with van der Waals surface area (Å²) in [6.07, 6.45) is 0.292. The van der Waals surface area contributed by atoms with Crippen LogP contribution in [0.3, 0.4) is 0 Å². The van der Waals surface area contributed by atoms with Crippen molar-refractivity contribution in [1.29, 1.82) is 0 Å². The molecule has 0 aromatic heterocycles. The third-order valence-electron chi connectivity index (χ3n) is 3.93. The molecule has 0 aliphatic carbocycles. The van der Waals surface area contributed by atoms with Gasteiger partial charge in [-0.15, -0.1) is 0 Å². The van der Waals surface area contributed by atoms with E-state index in [9.17, 15) is 15.2 Å². The van der Waals surface area contributed by atoms with Crippen LogP contribution in [0.15, 0.2) is 54.6 Å². The summed E-state index contributed by atoms with van der Waals surface area (Å²) in [6.45, 7) is 4.29. The summed E-state index contributed by atoms with van der Waals surface area (Å²) < 4.78 is 0. The van der Waals surface area contributed by atoms with Crippen LogP contribution < -0.4 is 0 Å². The Bertz CT molecular complexity index is 614. The van der Waals surface area contributed by atoms with Gasteiger partial charge in [-0.3, -0.25) is 10.1 Å². The maximum absolute atomic E-state index is 10.7. The maximum atomic E-state index is 10.7. The Labute approximate surface area is 136 Å². The minimum absolute atomic E-state index is 0.112. The number of nitro benzene ring substituents is 1. The Hall–Kier alpha value is -2.24. The van der Waals surface area contributed by atoms with Gasteiger partial charge in [-0.2, -0.15) is 0 Å². The van der Waals surface area contributed by atoms with Crippen LogP contribution in [0.1, 0.15) is 24.2 Å². The van der Waals surface area contributed by atoms with Crippen LogP contribution in [-0.4, -0.2) is 34.6 Å². The minimum Gasteiger partial charge on any atom is -0.387 e. The number of non-ortho nitro benzene ring substituents is 1. The molecule has 0 heterocycles. The van der Waals surface area contributed by atoms with Gasteiger partial charge in [0.2, 0.25) is 0 Å². The summed E-state index contributed by atoms with van der Waals surface area (Å²) in [4.78, 5) is 12.4. The lowest BCUT2D eigenvalue weighted by Gasteiger charge is -2.23. The first-order valence-corrected chi connectivity index (χ1v) is 7.79. The van der Waals surface area contributed by atoms with E-state index in [1.165, 1.54) is 12.1 Å². The molecule has 0 fully saturated rings. The predicted molar refractivity (Wildman–Crippen MR) is 90.3 cm³/mol. The van der Waals surface area contributed by atoms with Crippen LogP contribution >= 0.6 is 0 Å². The molecular formula is C18H22N2O3. The molecule has 0 amide bonds. The first-order chi connectivity index (χ1) is 11.1. The third-order valence-corrected chi connectivity index (χ3v) is 3.93. The molecule has 5 nitrogen and oxygen atoms in total. The number of hydrogen-bond acceptors (Lipinski definition) is 4. The summed E-state index contributed by atoms with van der Waals surface area (Å²) in [5.74, 6) is 0. The van der Waals surface area contributed by atoms with Crippen LogP contribution in [0.5, 0.6) is 0 Å². The van der Waals surface area contributed by atoms with Gasteiger partial charge in [-0.25, -0.2) is 0 Å². The summed E-state index contributed by atoms with van der Waals surface area (Å²) >= 11 is 0. The van der Waals surface area contributed by atoms with Crippen molar-refractivity contribution in [2.45, 2.75) is 19.4 Å². The van der Waals surface area contributed by atoms with Gasteiger partial charge in [0.1, 0.15) is 0 Å². The summed E-state index contributed by atoms with van der Waals surface area (Å²) in [5.41, 5.74) is 2.09. The fourth-order valence-electron chi connectivity index (χ4n) is 2.48. The van der Waals surface area contributed by atoms with Crippen molar-refractivity contribution in [1.82, 2.24) is 4.90 Å². The molecule has 1 N–H and O–H groups in total. The quantitative estimate of drug-likeness (QED) is 0.600. The summed E-state index contributed by atoms with van der Waals surface area (Å²) in [7, 11) is 0. The average molecular weight is 314 g/mol. The number of nitro groups is 1. The van der Waals surface area contributed by atoms with Gasteiger partial charge < -0.3 is 10.0 Å². The molecule has 0 saturated heterocycles. The zero-order valence-electron chi connectivity index (χ0n) is 13.3. The van der Waals surface area contributed by atoms with Gasteiger partial charge in [0.25, 0.3) is 5.69 Å². The van der Waals surface area contributed by atoms with E-state index in [0.717, 1.165) is 30.6 Å². The highest BCUT2D eigenvalue weighted by Gasteiger charge is 2.12. The van der Waals surface area contributed by atoms with Crippen LogP contribution in [0, 0.1) is 10.1 Å². The number of likely N-dealkylation sites (N-methyl/N-ethyl adjacent to an activating group) is 1. The van der Waals surface area contributed by atoms with Crippen molar-refractivity contribution >= 4 is 5.69 Å². The van der Waals surface area contributed by atoms with E-state index in [0.29, 0.717) is 6.54 Å². The molecule has 0 bridgehead atoms. The highest BCUT2D eigenvalue weighted by molar-refractivity contribution is 5.32. The Morgan fingerprint density at radius 2 is 1.78 bits per heavy atom. The Balaban J connectivity index is 1.88. The predicted octanol–water partition coefficient (Wildman–Crippen LogP) is 3.19. The number of benzene rings is 2. The molecular weight excluding hydrogens is 292 g/mol. The molecule has 2 aromatic carbocycles. The van der Waals surface area contributed by atoms with Crippen LogP contribution in [-0.2, 0) is 6.42 Å². The van der Waals surface area contributed by atoms with Crippen molar-refractivity contribution in [2.75, 3.05) is 19.6 Å². The van der Waals surface area contributed by atoms with Crippen LogP contribution in [0.2, 0.25) is 0 Å². The monoisotopic (exact) mass is 314 g/mol. The lowest BCUT2D eigenvalue weighted by Crippen LogP contribution is -2.30. The molecule has 0 aliphatic rings. The fraction of sp³-hybridized carbons (Fsp3) is 0.333. The number of aliphatic hydroxyl groups excluding tert-OH is 1. The van der Waals surface area contributed by atoms with E-state index in [-0.39, 0.29) is 5.69 Å². The highest BCUT2D eigenvalue weighted by atomic mass is 16.6. The van der Waals surface area contributed by atoms with E-state index < -0.39 is 11.0 Å². The molecule has 0 radical (unpaired) electrons. The van der Waals surface area contributed by atoms with E-state index in [4.69, 9.17) is 0 Å². The van der Waals surface area contributed by atoms with Crippen molar-refractivity contribution in [2.24, 2.45) is 0 Å². The van der Waals surface area contributed by atoms with Crippen LogP contribution in [0.25, 0.3) is 0 Å². The van der Waals surface area contributed by atoms with Crippen LogP contribution in [0.4, 0.5) is 5.69 Å². The molecule has 23 heavy (non-hydrogen) atoms. The smallest absolute Gasteiger partial charge is 0.269 e. The van der Waals surface area contributed by atoms with E-state index >= 15 is 0 Å². The third kappa shape index (κ3) is 5.16. The van der Waals surface area contributed by atoms with E-state index in [1.54, 1.807) is 12.1 Å². The van der Waals surface area contributed by atoms with Gasteiger partial charge in [0.05, 0.1) is 11.0 Å². The standard InChI is InChI=1S/C18H22N2O3/c1-2-19(14-18(21)16-6-4-3-5-7-16)13-12-15-8-10-17(11-9-15)20(22)23/h3-11,18,21H,2,12-14H2,1H3. The second kappa shape index (κ2) is 8.41. The van der Waals surface area contributed by atoms with Gasteiger partial charge in [-0.05, 0) is 24.1 Å². The molecule has 5 heteroatoms. The zero-order valence-corrected chi connectivity index (χ0v) is 13.3. The Morgan fingerprint density at radius 3 is 2.35 bits per heavy atom. The summed E-state index contributed by atoms with van der Waals surface area (Å²) in [6, 6.07) is 16.3. The number of aliphatic hydroxyl groups is 1. The van der Waals surface area contributed by atoms with Crippen molar-refractivity contribution in [3.63, 3.8) is 0 Å². The lowest BCUT2D eigenvalue weighted by atomic mass is 10.1. The van der Waals surface area contributed by atoms with Gasteiger partial charge in [0.15, 0.2) is 0 Å². The number of nitrogens with zero attached hydrogens (tertiary/aromatic N) is 2. The first-order valence-electron chi connectivity index (χ1n) is 7.79. The lowest BCUT2D eigenvalue weighted by molar-refractivity contribution is -0.384. The fourth-order valence-corrected chi connectivity index (χ4v) is 2.48. The second-order valence-electron chi connectivity index (χ2n) is 5.49. The normalized spacial score (nSPS) is 12.3. The van der Waals surface area contributed by atoms with Crippen molar-refractivity contribution in [3.8, 4) is 0 Å². The molecule has 2 rings (SSSR count). The van der Waals surface area contributed by atoms with Crippen molar-refractivity contribution < 1.29 is 10.0 Å². The largest absolute Gasteiger partial charge is 0.387 e. The molecule has 2 aromatic rings. The number of hydrogen-bond donors (Lipinski definition) is 1. The zero-order chi connectivity index (χ0) is 16.7. The van der Waals surface area contributed by atoms with E-state index in [1.807, 2.05) is 30.3 Å². The molecule has 0 saturated carbocycles. The Kier molecular flexibility index (Phi) is 6.26. The average Bonchev–Trinajstić information content (AvgIpc) is 2.59. The molecule has 122 valence electrons. The van der Waals surface area contributed by atoms with Crippen molar-refractivity contribution in [3.05, 3.63) is 75.8 Å². The molecule has 1 unspecified atom stereocenters. The first kappa shape index (κ1) is 17.1. The second-order valence-corrected chi connectivity index (χ2v) is 5.49. The highest BCUT2D eigenvalue weighted by Crippen LogP contribution is 2.15. The summed E-state index contributed by atoms with van der Waals surface area (Å²) in [5, 5.41) is 21.0. The minimum atomic E-state index is -0.506. The molecule has 0 aliphatic heterocycles. The van der Waals surface area contributed by atoms with E-state index in [2.05, 4.69) is 11.8 Å². The van der Waals surface area contributed by atoms with Gasteiger partial charge in [0, 0.05) is 25.2 Å². The topological polar surface area (TPSA) is 66.6 Å². The molecule has 1 atom stereocenters. The van der Waals surface area contributed by atoms with Gasteiger partial charge in [-0.1, -0.05) is 49.4 Å². The Morgan fingerprint density at radius 1 is 1.13 bits per heavy atom. The SMILES string of the molecule is CCN(CCc1ccc([N+](=O)[O-])cc1)CC(O)c1ccccc1. The number of rotatable bonds is 8.